The monoisotopic (exact) mass is 499 g/mol. The zero-order valence-corrected chi connectivity index (χ0v) is 21.7. The van der Waals surface area contributed by atoms with Gasteiger partial charge in [0.2, 0.25) is 5.13 Å². The number of amides is 1. The molecule has 0 unspecified atom stereocenters. The second kappa shape index (κ2) is 10.8. The number of carbonyl (C=O) groups is 1. The van der Waals surface area contributed by atoms with Gasteiger partial charge in [-0.15, -0.1) is 10.2 Å². The van der Waals surface area contributed by atoms with Gasteiger partial charge in [-0.05, 0) is 41.7 Å². The Morgan fingerprint density at radius 3 is 2.58 bits per heavy atom. The van der Waals surface area contributed by atoms with E-state index in [9.17, 15) is 10.1 Å². The molecule has 0 saturated heterocycles. The van der Waals surface area contributed by atoms with Gasteiger partial charge in [-0.25, -0.2) is 0 Å². The van der Waals surface area contributed by atoms with Crippen LogP contribution in [-0.2, 0) is 23.2 Å². The van der Waals surface area contributed by atoms with Crippen LogP contribution in [0.1, 0.15) is 43.8 Å². The van der Waals surface area contributed by atoms with Crippen molar-refractivity contribution in [1.82, 2.24) is 14.8 Å². The SMILES string of the molecule is CCc1nnc(NC(=O)C(C#N)=Cc2cn(CCOc3ccc(C(C)(C)C)cc3)c3ccccc23)s1. The third kappa shape index (κ3) is 5.81. The Hall–Kier alpha value is -3.96. The van der Waals surface area contributed by atoms with Crippen molar-refractivity contribution >= 4 is 39.4 Å². The van der Waals surface area contributed by atoms with E-state index in [-0.39, 0.29) is 11.0 Å². The first kappa shape index (κ1) is 25.1. The van der Waals surface area contributed by atoms with Gasteiger partial charge in [0.1, 0.15) is 29.0 Å². The lowest BCUT2D eigenvalue weighted by atomic mass is 9.87. The van der Waals surface area contributed by atoms with Gasteiger partial charge in [-0.3, -0.25) is 10.1 Å². The van der Waals surface area contributed by atoms with Gasteiger partial charge in [0, 0.05) is 22.7 Å². The number of rotatable bonds is 8. The van der Waals surface area contributed by atoms with E-state index in [4.69, 9.17) is 4.74 Å². The number of nitrogens with zero attached hydrogens (tertiary/aromatic N) is 4. The number of para-hydroxylation sites is 1. The first-order valence-electron chi connectivity index (χ1n) is 11.8. The molecule has 0 aliphatic carbocycles. The summed E-state index contributed by atoms with van der Waals surface area (Å²) < 4.78 is 8.07. The smallest absolute Gasteiger partial charge is 0.268 e. The highest BCUT2D eigenvalue weighted by Gasteiger charge is 2.15. The molecular formula is C28H29N5O2S. The summed E-state index contributed by atoms with van der Waals surface area (Å²) >= 11 is 1.30. The molecule has 0 bridgehead atoms. The molecule has 4 rings (SSSR count). The molecule has 0 fully saturated rings. The number of carbonyl (C=O) groups excluding carboxylic acids is 1. The minimum absolute atomic E-state index is 0.00124. The van der Waals surface area contributed by atoms with Crippen LogP contribution in [0.3, 0.4) is 0 Å². The summed E-state index contributed by atoms with van der Waals surface area (Å²) in [6.45, 7) is 9.63. The molecule has 0 atom stereocenters. The van der Waals surface area contributed by atoms with E-state index in [2.05, 4.69) is 53.0 Å². The van der Waals surface area contributed by atoms with Crippen molar-refractivity contribution in [2.75, 3.05) is 11.9 Å². The third-order valence-corrected chi connectivity index (χ3v) is 6.78. The molecule has 4 aromatic rings. The number of aromatic nitrogens is 3. The minimum Gasteiger partial charge on any atom is -0.492 e. The first-order chi connectivity index (χ1) is 17.3. The molecule has 1 N–H and O–H groups in total. The van der Waals surface area contributed by atoms with E-state index >= 15 is 0 Å². The summed E-state index contributed by atoms with van der Waals surface area (Å²) in [6, 6.07) is 18.1. The predicted molar refractivity (Wildman–Crippen MR) is 144 cm³/mol. The molecule has 0 aliphatic heterocycles. The minimum atomic E-state index is -0.504. The summed E-state index contributed by atoms with van der Waals surface area (Å²) in [4.78, 5) is 12.7. The molecule has 7 nitrogen and oxygen atoms in total. The van der Waals surface area contributed by atoms with E-state index < -0.39 is 5.91 Å². The third-order valence-electron chi connectivity index (χ3n) is 5.80. The molecule has 184 valence electrons. The van der Waals surface area contributed by atoms with E-state index in [1.807, 2.05) is 55.6 Å². The Morgan fingerprint density at radius 2 is 1.92 bits per heavy atom. The molecule has 0 aliphatic rings. The van der Waals surface area contributed by atoms with Crippen LogP contribution < -0.4 is 10.1 Å². The Kier molecular flexibility index (Phi) is 7.51. The van der Waals surface area contributed by atoms with Gasteiger partial charge < -0.3 is 9.30 Å². The Balaban J connectivity index is 1.50. The number of nitrogens with one attached hydrogen (secondary N) is 1. The fourth-order valence-corrected chi connectivity index (χ4v) is 4.48. The van der Waals surface area contributed by atoms with E-state index in [0.29, 0.717) is 18.3 Å². The van der Waals surface area contributed by atoms with Crippen LogP contribution in [0.4, 0.5) is 5.13 Å². The molecular weight excluding hydrogens is 470 g/mol. The number of benzene rings is 2. The normalized spacial score (nSPS) is 11.9. The molecule has 2 aromatic carbocycles. The van der Waals surface area contributed by atoms with Crippen molar-refractivity contribution in [3.63, 3.8) is 0 Å². The molecule has 2 heterocycles. The lowest BCUT2D eigenvalue weighted by Gasteiger charge is -2.19. The molecule has 0 radical (unpaired) electrons. The molecule has 2 aromatic heterocycles. The maximum Gasteiger partial charge on any atom is 0.268 e. The number of anilines is 1. The second-order valence-corrected chi connectivity index (χ2v) is 10.5. The number of nitriles is 1. The van der Waals surface area contributed by atoms with Gasteiger partial charge in [0.15, 0.2) is 0 Å². The largest absolute Gasteiger partial charge is 0.492 e. The maximum atomic E-state index is 12.7. The van der Waals surface area contributed by atoms with Gasteiger partial charge in [-0.2, -0.15) is 5.26 Å². The van der Waals surface area contributed by atoms with Crippen molar-refractivity contribution in [3.05, 3.63) is 76.4 Å². The van der Waals surface area contributed by atoms with Gasteiger partial charge in [0.25, 0.3) is 5.91 Å². The molecule has 8 heteroatoms. The summed E-state index contributed by atoms with van der Waals surface area (Å²) in [5, 5.41) is 22.5. The number of ether oxygens (including phenoxy) is 1. The van der Waals surface area contributed by atoms with Crippen LogP contribution in [0.5, 0.6) is 5.75 Å². The van der Waals surface area contributed by atoms with Crippen LogP contribution in [0.2, 0.25) is 0 Å². The van der Waals surface area contributed by atoms with Crippen molar-refractivity contribution < 1.29 is 9.53 Å². The van der Waals surface area contributed by atoms with Gasteiger partial charge >= 0.3 is 0 Å². The fourth-order valence-electron chi connectivity index (χ4n) is 3.80. The summed E-state index contributed by atoms with van der Waals surface area (Å²) in [6.07, 6.45) is 4.30. The Morgan fingerprint density at radius 1 is 1.17 bits per heavy atom. The van der Waals surface area contributed by atoms with Crippen molar-refractivity contribution in [3.8, 4) is 11.8 Å². The molecule has 0 saturated carbocycles. The summed E-state index contributed by atoms with van der Waals surface area (Å²) in [7, 11) is 0. The highest BCUT2D eigenvalue weighted by atomic mass is 32.1. The zero-order valence-electron chi connectivity index (χ0n) is 20.9. The number of fused-ring (bicyclic) bond motifs is 1. The Bertz CT molecular complexity index is 1440. The average molecular weight is 500 g/mol. The second-order valence-electron chi connectivity index (χ2n) is 9.40. The topological polar surface area (TPSA) is 92.8 Å². The van der Waals surface area contributed by atoms with Crippen LogP contribution in [0.25, 0.3) is 17.0 Å². The lowest BCUT2D eigenvalue weighted by molar-refractivity contribution is -0.112. The number of hydrogen-bond acceptors (Lipinski definition) is 6. The highest BCUT2D eigenvalue weighted by Crippen LogP contribution is 2.26. The van der Waals surface area contributed by atoms with E-state index in [0.717, 1.165) is 33.6 Å². The summed E-state index contributed by atoms with van der Waals surface area (Å²) in [5.74, 6) is 0.320. The van der Waals surface area contributed by atoms with Crippen LogP contribution in [0, 0.1) is 11.3 Å². The van der Waals surface area contributed by atoms with Gasteiger partial charge in [0.05, 0.1) is 6.54 Å². The van der Waals surface area contributed by atoms with Crippen molar-refractivity contribution in [2.24, 2.45) is 0 Å². The standard InChI is InChI=1S/C28H29N5O2S/c1-5-25-31-32-27(36-25)30-26(34)19(17-29)16-20-18-33(24-9-7-6-8-23(20)24)14-15-35-22-12-10-21(11-13-22)28(2,3)4/h6-13,16,18H,5,14-15H2,1-4H3,(H,30,32,34). The van der Waals surface area contributed by atoms with E-state index in [1.54, 1.807) is 6.08 Å². The average Bonchev–Trinajstić information content (AvgIpc) is 3.46. The zero-order chi connectivity index (χ0) is 25.7. The summed E-state index contributed by atoms with van der Waals surface area (Å²) in [5.41, 5.74) is 3.16. The molecule has 0 spiro atoms. The maximum absolute atomic E-state index is 12.7. The number of hydrogen-bond donors (Lipinski definition) is 1. The fraction of sp³-hybridized carbons (Fsp3) is 0.286. The van der Waals surface area contributed by atoms with Crippen LogP contribution in [-0.4, -0.2) is 27.3 Å². The lowest BCUT2D eigenvalue weighted by Crippen LogP contribution is -2.13. The molecule has 36 heavy (non-hydrogen) atoms. The first-order valence-corrected chi connectivity index (χ1v) is 12.7. The van der Waals surface area contributed by atoms with Crippen molar-refractivity contribution in [1.29, 1.82) is 5.26 Å². The van der Waals surface area contributed by atoms with E-state index in [1.165, 1.54) is 16.9 Å². The van der Waals surface area contributed by atoms with Crippen molar-refractivity contribution in [2.45, 2.75) is 46.1 Å². The quantitative estimate of drug-likeness (QED) is 0.238. The van der Waals surface area contributed by atoms with Crippen LogP contribution >= 0.6 is 11.3 Å². The highest BCUT2D eigenvalue weighted by molar-refractivity contribution is 7.15. The van der Waals surface area contributed by atoms with Gasteiger partial charge in [-0.1, -0.05) is 69.4 Å². The Labute approximate surface area is 215 Å². The predicted octanol–water partition coefficient (Wildman–Crippen LogP) is 5.98. The van der Waals surface area contributed by atoms with Crippen LogP contribution in [0.15, 0.2) is 60.3 Å². The number of aryl methyl sites for hydroxylation is 1. The molecule has 1 amide bonds.